The predicted octanol–water partition coefficient (Wildman–Crippen LogP) is 2.82. The predicted molar refractivity (Wildman–Crippen MR) is 86.5 cm³/mol. The Hall–Kier alpha value is -2.76. The number of hydrogen-bond donors (Lipinski definition) is 0. The normalized spacial score (nSPS) is 10.2. The Morgan fingerprint density at radius 1 is 0.792 bits per heavy atom. The van der Waals surface area contributed by atoms with Crippen LogP contribution in [-0.4, -0.2) is 21.9 Å². The molecule has 0 aliphatic rings. The molecule has 6 heteroatoms. The molecule has 0 N–H and O–H groups in total. The van der Waals surface area contributed by atoms with Gasteiger partial charge in [0.25, 0.3) is 0 Å². The van der Waals surface area contributed by atoms with Crippen LogP contribution in [0.2, 0.25) is 0 Å². The van der Waals surface area contributed by atoms with Crippen LogP contribution in [0.3, 0.4) is 0 Å². The second-order valence-electron chi connectivity index (χ2n) is 5.25. The zero-order chi connectivity index (χ0) is 17.0. The van der Waals surface area contributed by atoms with Crippen molar-refractivity contribution in [2.45, 2.75) is 38.9 Å². The number of carbonyl (C=O) groups is 2. The molecule has 0 aromatic carbocycles. The van der Waals surface area contributed by atoms with Crippen molar-refractivity contribution < 1.29 is 19.1 Å². The Labute approximate surface area is 140 Å². The zero-order valence-electron chi connectivity index (χ0n) is 13.4. The average molecular weight is 328 g/mol. The van der Waals surface area contributed by atoms with Crippen LogP contribution in [0.15, 0.2) is 49.1 Å². The summed E-state index contributed by atoms with van der Waals surface area (Å²) in [7, 11) is 0. The molecular weight excluding hydrogens is 308 g/mol. The van der Waals surface area contributed by atoms with Gasteiger partial charge < -0.3 is 9.47 Å². The van der Waals surface area contributed by atoms with Crippen LogP contribution in [0.4, 0.5) is 0 Å². The van der Waals surface area contributed by atoms with Crippen molar-refractivity contribution in [1.29, 1.82) is 0 Å². The molecule has 0 radical (unpaired) electrons. The third kappa shape index (κ3) is 7.00. The summed E-state index contributed by atoms with van der Waals surface area (Å²) in [6.45, 7) is 0.444. The van der Waals surface area contributed by atoms with Crippen LogP contribution in [0.25, 0.3) is 0 Å². The zero-order valence-corrected chi connectivity index (χ0v) is 13.4. The molecule has 0 spiro atoms. The van der Waals surface area contributed by atoms with Gasteiger partial charge in [0.2, 0.25) is 0 Å². The molecule has 126 valence electrons. The van der Waals surface area contributed by atoms with Gasteiger partial charge in [-0.15, -0.1) is 0 Å². The van der Waals surface area contributed by atoms with Gasteiger partial charge in [-0.3, -0.25) is 19.6 Å². The van der Waals surface area contributed by atoms with Gasteiger partial charge in [0.05, 0.1) is 0 Å². The first kappa shape index (κ1) is 17.6. The van der Waals surface area contributed by atoms with Crippen LogP contribution >= 0.6 is 0 Å². The number of hydrogen-bond acceptors (Lipinski definition) is 6. The molecule has 0 amide bonds. The molecule has 2 rings (SSSR count). The number of esters is 2. The maximum atomic E-state index is 11.6. The second-order valence-corrected chi connectivity index (χ2v) is 5.25. The third-order valence-electron chi connectivity index (χ3n) is 3.26. The first-order chi connectivity index (χ1) is 11.7. The lowest BCUT2D eigenvalue weighted by Crippen LogP contribution is -2.07. The van der Waals surface area contributed by atoms with Gasteiger partial charge >= 0.3 is 11.9 Å². The number of nitrogens with zero attached hydrogens (tertiary/aromatic N) is 2. The molecule has 0 atom stereocenters. The fourth-order valence-corrected chi connectivity index (χ4v) is 1.98. The number of carbonyl (C=O) groups excluding carboxylic acids is 2. The number of ether oxygens (including phenoxy) is 2. The highest BCUT2D eigenvalue weighted by Gasteiger charge is 2.07. The summed E-state index contributed by atoms with van der Waals surface area (Å²) in [4.78, 5) is 31.1. The molecule has 2 aromatic rings. The highest BCUT2D eigenvalue weighted by atomic mass is 16.5. The number of rotatable bonds is 9. The van der Waals surface area contributed by atoms with E-state index in [9.17, 15) is 9.59 Å². The number of unbranched alkanes of at least 4 members (excludes halogenated alkanes) is 1. The first-order valence-corrected chi connectivity index (χ1v) is 7.83. The summed E-state index contributed by atoms with van der Waals surface area (Å²) in [5.74, 6) is -0.551. The molecular formula is C18H20N2O4. The van der Waals surface area contributed by atoms with E-state index in [1.165, 1.54) is 0 Å². The van der Waals surface area contributed by atoms with E-state index in [2.05, 4.69) is 9.97 Å². The summed E-state index contributed by atoms with van der Waals surface area (Å²) in [6, 6.07) is 7.28. The maximum absolute atomic E-state index is 11.6. The van der Waals surface area contributed by atoms with Gasteiger partial charge in [0, 0.05) is 48.8 Å². The van der Waals surface area contributed by atoms with E-state index in [1.807, 2.05) is 12.1 Å². The monoisotopic (exact) mass is 328 g/mol. The average Bonchev–Trinajstić information content (AvgIpc) is 2.63. The molecule has 24 heavy (non-hydrogen) atoms. The van der Waals surface area contributed by atoms with E-state index < -0.39 is 0 Å². The van der Waals surface area contributed by atoms with E-state index >= 15 is 0 Å². The van der Waals surface area contributed by atoms with Gasteiger partial charge in [0.1, 0.15) is 13.2 Å². The first-order valence-electron chi connectivity index (χ1n) is 7.83. The molecule has 2 aromatic heterocycles. The summed E-state index contributed by atoms with van der Waals surface area (Å²) in [5, 5.41) is 0. The molecule has 0 aliphatic carbocycles. The van der Waals surface area contributed by atoms with Crippen LogP contribution in [0.1, 0.15) is 36.8 Å². The van der Waals surface area contributed by atoms with E-state index in [-0.39, 0.29) is 38.0 Å². The van der Waals surface area contributed by atoms with Crippen molar-refractivity contribution in [1.82, 2.24) is 9.97 Å². The van der Waals surface area contributed by atoms with E-state index in [0.29, 0.717) is 12.8 Å². The summed E-state index contributed by atoms with van der Waals surface area (Å²) >= 11 is 0. The van der Waals surface area contributed by atoms with Gasteiger partial charge in [0.15, 0.2) is 0 Å². The quantitative estimate of drug-likeness (QED) is 0.520. The van der Waals surface area contributed by atoms with Gasteiger partial charge in [-0.1, -0.05) is 12.1 Å². The van der Waals surface area contributed by atoms with Crippen molar-refractivity contribution in [2.24, 2.45) is 0 Å². The summed E-state index contributed by atoms with van der Waals surface area (Å²) in [6.07, 6.45) is 8.41. The molecule has 0 bridgehead atoms. The summed E-state index contributed by atoms with van der Waals surface area (Å²) < 4.78 is 10.3. The van der Waals surface area contributed by atoms with Gasteiger partial charge in [-0.05, 0) is 25.0 Å². The fourth-order valence-electron chi connectivity index (χ4n) is 1.98. The molecule has 2 heterocycles. The SMILES string of the molecule is O=C(CCCCC(=O)OCc1cccnc1)OCc1cccnc1. The Morgan fingerprint density at radius 3 is 1.62 bits per heavy atom. The van der Waals surface area contributed by atoms with Gasteiger partial charge in [-0.25, -0.2) is 0 Å². The highest BCUT2D eigenvalue weighted by Crippen LogP contribution is 2.06. The van der Waals surface area contributed by atoms with Crippen molar-refractivity contribution >= 4 is 11.9 Å². The minimum atomic E-state index is -0.275. The minimum Gasteiger partial charge on any atom is -0.461 e. The molecule has 0 aliphatic heterocycles. The topological polar surface area (TPSA) is 78.4 Å². The minimum absolute atomic E-state index is 0.222. The Morgan fingerprint density at radius 2 is 1.25 bits per heavy atom. The van der Waals surface area contributed by atoms with Gasteiger partial charge in [-0.2, -0.15) is 0 Å². The number of aromatic nitrogens is 2. The summed E-state index contributed by atoms with van der Waals surface area (Å²) in [5.41, 5.74) is 1.70. The van der Waals surface area contributed by atoms with E-state index in [4.69, 9.17) is 9.47 Å². The Bertz CT molecular complexity index is 574. The lowest BCUT2D eigenvalue weighted by Gasteiger charge is -2.05. The van der Waals surface area contributed by atoms with E-state index in [1.54, 1.807) is 36.9 Å². The molecule has 0 saturated carbocycles. The highest BCUT2D eigenvalue weighted by molar-refractivity contribution is 5.70. The second kappa shape index (κ2) is 10.1. The van der Waals surface area contributed by atoms with Crippen molar-refractivity contribution in [3.8, 4) is 0 Å². The van der Waals surface area contributed by atoms with Crippen LogP contribution in [0.5, 0.6) is 0 Å². The number of pyridine rings is 2. The van der Waals surface area contributed by atoms with Crippen molar-refractivity contribution in [3.63, 3.8) is 0 Å². The van der Waals surface area contributed by atoms with Crippen LogP contribution in [0, 0.1) is 0 Å². The van der Waals surface area contributed by atoms with Crippen LogP contribution < -0.4 is 0 Å². The van der Waals surface area contributed by atoms with Crippen molar-refractivity contribution in [3.05, 3.63) is 60.2 Å². The maximum Gasteiger partial charge on any atom is 0.306 e. The Kier molecular flexibility index (Phi) is 7.40. The molecule has 0 saturated heterocycles. The third-order valence-corrected chi connectivity index (χ3v) is 3.26. The standard InChI is InChI=1S/C18H20N2O4/c21-17(23-13-15-5-3-9-19-11-15)7-1-2-8-18(22)24-14-16-6-4-10-20-12-16/h3-6,9-12H,1-2,7-8,13-14H2. The largest absolute Gasteiger partial charge is 0.461 e. The fraction of sp³-hybridized carbons (Fsp3) is 0.333. The lowest BCUT2D eigenvalue weighted by molar-refractivity contribution is -0.147. The van der Waals surface area contributed by atoms with Crippen LogP contribution in [-0.2, 0) is 32.3 Å². The molecule has 0 unspecified atom stereocenters. The van der Waals surface area contributed by atoms with E-state index in [0.717, 1.165) is 11.1 Å². The van der Waals surface area contributed by atoms with Crippen molar-refractivity contribution in [2.75, 3.05) is 0 Å². The molecule has 0 fully saturated rings. The Balaban J connectivity index is 1.52. The molecule has 6 nitrogen and oxygen atoms in total. The smallest absolute Gasteiger partial charge is 0.306 e. The lowest BCUT2D eigenvalue weighted by atomic mass is 10.2.